The van der Waals surface area contributed by atoms with E-state index in [0.29, 0.717) is 6.61 Å². The molecule has 2 rings (SSSR count). The van der Waals surface area contributed by atoms with Gasteiger partial charge in [-0.2, -0.15) is 0 Å². The minimum Gasteiger partial charge on any atom is -0.383 e. The summed E-state index contributed by atoms with van der Waals surface area (Å²) >= 11 is 0. The van der Waals surface area contributed by atoms with Crippen molar-refractivity contribution in [2.24, 2.45) is 0 Å². The first-order valence-corrected chi connectivity index (χ1v) is 6.76. The van der Waals surface area contributed by atoms with Crippen LogP contribution in [0.4, 0.5) is 4.39 Å². The van der Waals surface area contributed by atoms with Crippen LogP contribution in [0, 0.1) is 5.82 Å². The van der Waals surface area contributed by atoms with Crippen LogP contribution in [0.1, 0.15) is 30.1 Å². The Kier molecular flexibility index (Phi) is 5.27. The van der Waals surface area contributed by atoms with Crippen LogP contribution in [0.5, 0.6) is 0 Å². The highest BCUT2D eigenvalue weighted by Crippen LogP contribution is 2.20. The van der Waals surface area contributed by atoms with Crippen LogP contribution in [0.3, 0.4) is 0 Å². The van der Waals surface area contributed by atoms with Crippen molar-refractivity contribution >= 4 is 0 Å². The van der Waals surface area contributed by atoms with Crippen molar-refractivity contribution in [2.75, 3.05) is 13.7 Å². The monoisotopic (exact) mass is 273 g/mol. The number of hydrogen-bond acceptors (Lipinski definition) is 2. The number of benzene rings is 2. The van der Waals surface area contributed by atoms with Crippen molar-refractivity contribution in [3.63, 3.8) is 0 Å². The zero-order chi connectivity index (χ0) is 14.4. The molecular formula is C17H20FNO. The van der Waals surface area contributed by atoms with E-state index in [1.807, 2.05) is 31.2 Å². The number of methoxy groups -OCH3 is 1. The quantitative estimate of drug-likeness (QED) is 0.862. The molecule has 0 spiro atoms. The Morgan fingerprint density at radius 3 is 2.40 bits per heavy atom. The lowest BCUT2D eigenvalue weighted by Gasteiger charge is -2.23. The van der Waals surface area contributed by atoms with Crippen LogP contribution >= 0.6 is 0 Å². The summed E-state index contributed by atoms with van der Waals surface area (Å²) in [7, 11) is 1.68. The third-order valence-electron chi connectivity index (χ3n) is 3.34. The summed E-state index contributed by atoms with van der Waals surface area (Å²) in [6.07, 6.45) is 0. The zero-order valence-corrected chi connectivity index (χ0v) is 11.8. The van der Waals surface area contributed by atoms with Gasteiger partial charge in [0.1, 0.15) is 5.82 Å². The first-order chi connectivity index (χ1) is 9.70. The van der Waals surface area contributed by atoms with E-state index in [1.54, 1.807) is 19.2 Å². The van der Waals surface area contributed by atoms with Crippen molar-refractivity contribution in [1.29, 1.82) is 0 Å². The molecule has 20 heavy (non-hydrogen) atoms. The topological polar surface area (TPSA) is 21.3 Å². The summed E-state index contributed by atoms with van der Waals surface area (Å²) in [6.45, 7) is 2.60. The first kappa shape index (κ1) is 14.7. The highest BCUT2D eigenvalue weighted by atomic mass is 19.1. The number of halogens is 1. The molecule has 0 fully saturated rings. The predicted octanol–water partition coefficient (Wildman–Crippen LogP) is 3.86. The molecule has 0 aliphatic heterocycles. The van der Waals surface area contributed by atoms with Crippen molar-refractivity contribution < 1.29 is 9.13 Å². The maximum atomic E-state index is 13.3. The lowest BCUT2D eigenvalue weighted by atomic mass is 10.0. The molecule has 0 aliphatic rings. The van der Waals surface area contributed by atoms with Gasteiger partial charge in [0.25, 0.3) is 0 Å². The predicted molar refractivity (Wildman–Crippen MR) is 79.0 cm³/mol. The second-order valence-corrected chi connectivity index (χ2v) is 4.86. The van der Waals surface area contributed by atoms with Crippen molar-refractivity contribution in [3.05, 3.63) is 71.5 Å². The third kappa shape index (κ3) is 3.89. The van der Waals surface area contributed by atoms with Gasteiger partial charge in [-0.1, -0.05) is 42.5 Å². The number of hydrogen-bond donors (Lipinski definition) is 1. The van der Waals surface area contributed by atoms with Gasteiger partial charge >= 0.3 is 0 Å². The molecule has 106 valence electrons. The summed E-state index contributed by atoms with van der Waals surface area (Å²) < 4.78 is 18.6. The average molecular weight is 273 g/mol. The van der Waals surface area contributed by atoms with Gasteiger partial charge in [-0.05, 0) is 30.2 Å². The third-order valence-corrected chi connectivity index (χ3v) is 3.34. The first-order valence-electron chi connectivity index (χ1n) is 6.76. The molecule has 3 heteroatoms. The Morgan fingerprint density at radius 2 is 1.75 bits per heavy atom. The summed E-state index contributed by atoms with van der Waals surface area (Å²) in [5.74, 6) is -0.209. The van der Waals surface area contributed by atoms with Gasteiger partial charge in [0.05, 0.1) is 12.6 Å². The van der Waals surface area contributed by atoms with Gasteiger partial charge in [-0.25, -0.2) is 4.39 Å². The largest absolute Gasteiger partial charge is 0.383 e. The maximum Gasteiger partial charge on any atom is 0.123 e. The van der Waals surface area contributed by atoms with E-state index in [9.17, 15) is 4.39 Å². The Balaban J connectivity index is 2.12. The van der Waals surface area contributed by atoms with E-state index in [2.05, 4.69) is 17.4 Å². The highest BCUT2D eigenvalue weighted by Gasteiger charge is 2.15. The fourth-order valence-electron chi connectivity index (χ4n) is 2.27. The van der Waals surface area contributed by atoms with Crippen LogP contribution in [-0.2, 0) is 4.74 Å². The molecule has 0 saturated carbocycles. The van der Waals surface area contributed by atoms with Crippen LogP contribution < -0.4 is 5.32 Å². The van der Waals surface area contributed by atoms with Crippen molar-refractivity contribution in [3.8, 4) is 0 Å². The van der Waals surface area contributed by atoms with Crippen LogP contribution in [0.25, 0.3) is 0 Å². The molecule has 2 atom stereocenters. The molecule has 1 unspecified atom stereocenters. The van der Waals surface area contributed by atoms with Gasteiger partial charge in [-0.15, -0.1) is 0 Å². The van der Waals surface area contributed by atoms with E-state index in [0.717, 1.165) is 11.1 Å². The van der Waals surface area contributed by atoms with E-state index in [-0.39, 0.29) is 17.9 Å². The van der Waals surface area contributed by atoms with E-state index in [1.165, 1.54) is 6.07 Å². The average Bonchev–Trinajstić information content (AvgIpc) is 2.47. The van der Waals surface area contributed by atoms with Crippen LogP contribution in [0.15, 0.2) is 54.6 Å². The molecule has 0 aliphatic carbocycles. The number of rotatable bonds is 6. The molecule has 0 amide bonds. The zero-order valence-electron chi connectivity index (χ0n) is 11.8. The fraction of sp³-hybridized carbons (Fsp3) is 0.294. The van der Waals surface area contributed by atoms with Crippen molar-refractivity contribution in [2.45, 2.75) is 19.0 Å². The number of nitrogens with one attached hydrogen (secondary N) is 1. The summed E-state index contributed by atoms with van der Waals surface area (Å²) in [5, 5.41) is 3.49. The van der Waals surface area contributed by atoms with Gasteiger partial charge < -0.3 is 10.1 Å². The van der Waals surface area contributed by atoms with Crippen LogP contribution in [-0.4, -0.2) is 13.7 Å². The Bertz CT molecular complexity index is 530. The second-order valence-electron chi connectivity index (χ2n) is 4.86. The standard InChI is InChI=1S/C17H20FNO/c1-13(15-9-6-10-16(18)11-15)19-17(12-20-2)14-7-4-3-5-8-14/h3-11,13,17,19H,12H2,1-2H3/t13-,17?/m1/s1. The van der Waals surface area contributed by atoms with Gasteiger partial charge in [0.2, 0.25) is 0 Å². The van der Waals surface area contributed by atoms with Gasteiger partial charge in [0.15, 0.2) is 0 Å². The molecule has 0 aromatic heterocycles. The fourth-order valence-corrected chi connectivity index (χ4v) is 2.27. The summed E-state index contributed by atoms with van der Waals surface area (Å²) in [5.41, 5.74) is 2.10. The van der Waals surface area contributed by atoms with E-state index >= 15 is 0 Å². The Hall–Kier alpha value is -1.71. The SMILES string of the molecule is COCC(N[C@H](C)c1cccc(F)c1)c1ccccc1. The molecule has 1 N–H and O–H groups in total. The number of ether oxygens (including phenoxy) is 1. The normalized spacial score (nSPS) is 13.9. The van der Waals surface area contributed by atoms with Gasteiger partial charge in [-0.3, -0.25) is 0 Å². The lowest BCUT2D eigenvalue weighted by Crippen LogP contribution is -2.28. The molecular weight excluding hydrogens is 253 g/mol. The second kappa shape index (κ2) is 7.17. The molecule has 0 heterocycles. The maximum absolute atomic E-state index is 13.3. The molecule has 2 aromatic carbocycles. The molecule has 0 bridgehead atoms. The van der Waals surface area contributed by atoms with Crippen LogP contribution in [0.2, 0.25) is 0 Å². The Morgan fingerprint density at radius 1 is 1.05 bits per heavy atom. The summed E-state index contributed by atoms with van der Waals surface area (Å²) in [6, 6.07) is 16.9. The molecule has 0 radical (unpaired) electrons. The molecule has 2 aromatic rings. The van der Waals surface area contributed by atoms with E-state index < -0.39 is 0 Å². The van der Waals surface area contributed by atoms with Crippen molar-refractivity contribution in [1.82, 2.24) is 5.32 Å². The van der Waals surface area contributed by atoms with E-state index in [4.69, 9.17) is 4.74 Å². The minimum absolute atomic E-state index is 0.0473. The Labute approximate surface area is 119 Å². The minimum atomic E-state index is -0.209. The highest BCUT2D eigenvalue weighted by molar-refractivity contribution is 5.22. The summed E-state index contributed by atoms with van der Waals surface area (Å²) in [4.78, 5) is 0. The molecule has 0 saturated heterocycles. The smallest absolute Gasteiger partial charge is 0.123 e. The molecule has 2 nitrogen and oxygen atoms in total. The lowest BCUT2D eigenvalue weighted by molar-refractivity contribution is 0.162. The van der Waals surface area contributed by atoms with Gasteiger partial charge in [0, 0.05) is 13.2 Å².